The fourth-order valence-corrected chi connectivity index (χ4v) is 4.84. The number of anilines is 1. The summed E-state index contributed by atoms with van der Waals surface area (Å²) in [6, 6.07) is 1.59. The second-order valence-electron chi connectivity index (χ2n) is 5.37. The minimum Gasteiger partial charge on any atom is -0.326 e. The van der Waals surface area contributed by atoms with Crippen molar-refractivity contribution in [2.45, 2.75) is 36.9 Å². The lowest BCUT2D eigenvalue weighted by atomic mass is 9.93. The summed E-state index contributed by atoms with van der Waals surface area (Å²) in [5, 5.41) is 4.01. The van der Waals surface area contributed by atoms with Gasteiger partial charge in [-0.1, -0.05) is 20.8 Å². The number of nitrogens with one attached hydrogen (secondary N) is 1. The lowest BCUT2D eigenvalue weighted by Crippen LogP contribution is -2.14. The standard InChI is InChI=1S/C12H17N3O2S3/c1-12(2,3)9-7-19-11(14-9)15-20(16,17)10-4-8(5-13)6-18-10/h4,6-7H,5,13H2,1-3H3,(H,14,15). The monoisotopic (exact) mass is 331 g/mol. The van der Waals surface area contributed by atoms with Gasteiger partial charge in [-0.25, -0.2) is 13.4 Å². The molecule has 0 saturated carbocycles. The predicted octanol–water partition coefficient (Wildman–Crippen LogP) is 2.76. The first kappa shape index (κ1) is 15.4. The van der Waals surface area contributed by atoms with Crippen molar-refractivity contribution in [3.63, 3.8) is 0 Å². The van der Waals surface area contributed by atoms with Gasteiger partial charge >= 0.3 is 0 Å². The van der Waals surface area contributed by atoms with Gasteiger partial charge in [-0.3, -0.25) is 4.72 Å². The van der Waals surface area contributed by atoms with Crippen LogP contribution in [0.4, 0.5) is 5.13 Å². The maximum absolute atomic E-state index is 12.2. The average Bonchev–Trinajstić information content (AvgIpc) is 2.95. The van der Waals surface area contributed by atoms with E-state index in [0.717, 1.165) is 22.6 Å². The second-order valence-corrected chi connectivity index (χ2v) is 9.05. The molecule has 0 bridgehead atoms. The van der Waals surface area contributed by atoms with E-state index >= 15 is 0 Å². The van der Waals surface area contributed by atoms with Crippen molar-refractivity contribution in [1.29, 1.82) is 0 Å². The van der Waals surface area contributed by atoms with E-state index < -0.39 is 10.0 Å². The molecule has 0 amide bonds. The maximum Gasteiger partial charge on any atom is 0.273 e. The van der Waals surface area contributed by atoms with E-state index in [4.69, 9.17) is 5.73 Å². The smallest absolute Gasteiger partial charge is 0.273 e. The molecule has 0 atom stereocenters. The highest BCUT2D eigenvalue weighted by atomic mass is 32.2. The van der Waals surface area contributed by atoms with Gasteiger partial charge in [-0.2, -0.15) is 0 Å². The predicted molar refractivity (Wildman–Crippen MR) is 83.8 cm³/mol. The Morgan fingerprint density at radius 3 is 2.50 bits per heavy atom. The maximum atomic E-state index is 12.2. The summed E-state index contributed by atoms with van der Waals surface area (Å²) in [6.45, 7) is 6.44. The first-order chi connectivity index (χ1) is 9.22. The van der Waals surface area contributed by atoms with Crippen LogP contribution in [-0.2, 0) is 22.0 Å². The molecule has 5 nitrogen and oxygen atoms in total. The summed E-state index contributed by atoms with van der Waals surface area (Å²) in [7, 11) is -3.57. The molecule has 8 heteroatoms. The molecular formula is C12H17N3O2S3. The van der Waals surface area contributed by atoms with Crippen LogP contribution >= 0.6 is 22.7 Å². The number of hydrogen-bond acceptors (Lipinski definition) is 6. The lowest BCUT2D eigenvalue weighted by Gasteiger charge is -2.14. The Morgan fingerprint density at radius 2 is 2.00 bits per heavy atom. The van der Waals surface area contributed by atoms with Gasteiger partial charge in [0.15, 0.2) is 5.13 Å². The Balaban J connectivity index is 2.22. The highest BCUT2D eigenvalue weighted by Gasteiger charge is 2.21. The number of nitrogens with two attached hydrogens (primary N) is 1. The first-order valence-corrected chi connectivity index (χ1v) is 9.23. The molecule has 0 aliphatic carbocycles. The Labute approximate surface area is 126 Å². The fourth-order valence-electron chi connectivity index (χ4n) is 1.43. The Morgan fingerprint density at radius 1 is 1.30 bits per heavy atom. The van der Waals surface area contributed by atoms with Gasteiger partial charge in [0.25, 0.3) is 10.0 Å². The molecule has 0 saturated heterocycles. The summed E-state index contributed by atoms with van der Waals surface area (Å²) in [4.78, 5) is 4.33. The number of nitrogens with zero attached hydrogens (tertiary/aromatic N) is 1. The SMILES string of the molecule is CC(C)(C)c1csc(NS(=O)(=O)c2cc(CN)cs2)n1. The molecule has 2 aromatic heterocycles. The quantitative estimate of drug-likeness (QED) is 0.902. The summed E-state index contributed by atoms with van der Waals surface area (Å²) < 4.78 is 27.2. The van der Waals surface area contributed by atoms with Gasteiger partial charge in [0.1, 0.15) is 4.21 Å². The Kier molecular flexibility index (Phi) is 4.19. The van der Waals surface area contributed by atoms with Crippen molar-refractivity contribution in [1.82, 2.24) is 4.98 Å². The van der Waals surface area contributed by atoms with Crippen LogP contribution in [0.1, 0.15) is 32.0 Å². The van der Waals surface area contributed by atoms with Gasteiger partial charge < -0.3 is 5.73 Å². The Bertz CT molecular complexity index is 696. The van der Waals surface area contributed by atoms with Gasteiger partial charge in [0.05, 0.1) is 5.69 Å². The third-order valence-electron chi connectivity index (χ3n) is 2.62. The molecule has 0 fully saturated rings. The van der Waals surface area contributed by atoms with Crippen LogP contribution < -0.4 is 10.5 Å². The van der Waals surface area contributed by atoms with Crippen molar-refractivity contribution in [2.75, 3.05) is 4.72 Å². The molecule has 3 N–H and O–H groups in total. The van der Waals surface area contributed by atoms with Crippen molar-refractivity contribution in [3.05, 3.63) is 28.1 Å². The van der Waals surface area contributed by atoms with Gasteiger partial charge in [-0.05, 0) is 17.0 Å². The van der Waals surface area contributed by atoms with Crippen LogP contribution in [0.3, 0.4) is 0 Å². The van der Waals surface area contributed by atoms with Crippen LogP contribution in [0, 0.1) is 0 Å². The number of aromatic nitrogens is 1. The number of hydrogen-bond donors (Lipinski definition) is 2. The average molecular weight is 331 g/mol. The van der Waals surface area contributed by atoms with E-state index in [1.54, 1.807) is 11.4 Å². The summed E-state index contributed by atoms with van der Waals surface area (Å²) >= 11 is 2.45. The van der Waals surface area contributed by atoms with Crippen molar-refractivity contribution >= 4 is 37.8 Å². The van der Waals surface area contributed by atoms with Gasteiger partial charge in [0.2, 0.25) is 0 Å². The van der Waals surface area contributed by atoms with Gasteiger partial charge in [-0.15, -0.1) is 22.7 Å². The van der Waals surface area contributed by atoms with E-state index in [9.17, 15) is 8.42 Å². The molecule has 2 heterocycles. The normalized spacial score (nSPS) is 12.6. The first-order valence-electron chi connectivity index (χ1n) is 5.98. The summed E-state index contributed by atoms with van der Waals surface area (Å²) in [5.74, 6) is 0. The zero-order valence-corrected chi connectivity index (χ0v) is 14.0. The third-order valence-corrected chi connectivity index (χ3v) is 6.34. The van der Waals surface area contributed by atoms with Crippen molar-refractivity contribution in [2.24, 2.45) is 5.73 Å². The molecule has 0 spiro atoms. The van der Waals surface area contributed by atoms with E-state index in [-0.39, 0.29) is 9.62 Å². The van der Waals surface area contributed by atoms with E-state index in [0.29, 0.717) is 11.7 Å². The molecule has 110 valence electrons. The lowest BCUT2D eigenvalue weighted by molar-refractivity contribution is 0.573. The van der Waals surface area contributed by atoms with E-state index in [2.05, 4.69) is 9.71 Å². The van der Waals surface area contributed by atoms with Crippen LogP contribution in [-0.4, -0.2) is 13.4 Å². The van der Waals surface area contributed by atoms with Crippen LogP contribution in [0.25, 0.3) is 0 Å². The molecule has 20 heavy (non-hydrogen) atoms. The molecule has 0 unspecified atom stereocenters. The number of sulfonamides is 1. The highest BCUT2D eigenvalue weighted by molar-refractivity contribution is 7.94. The van der Waals surface area contributed by atoms with Crippen LogP contribution in [0.2, 0.25) is 0 Å². The highest BCUT2D eigenvalue weighted by Crippen LogP contribution is 2.29. The molecule has 0 aromatic carbocycles. The number of thiazole rings is 1. The van der Waals surface area contributed by atoms with Gasteiger partial charge in [0, 0.05) is 17.3 Å². The molecular weight excluding hydrogens is 314 g/mol. The number of rotatable bonds is 4. The van der Waals surface area contributed by atoms with Crippen LogP contribution in [0.5, 0.6) is 0 Å². The summed E-state index contributed by atoms with van der Waals surface area (Å²) in [5.41, 5.74) is 7.07. The zero-order valence-electron chi connectivity index (χ0n) is 11.5. The minimum atomic E-state index is -3.57. The molecule has 2 rings (SSSR count). The van der Waals surface area contributed by atoms with Crippen molar-refractivity contribution < 1.29 is 8.42 Å². The number of thiophene rings is 1. The van der Waals surface area contributed by atoms with Crippen molar-refractivity contribution in [3.8, 4) is 0 Å². The van der Waals surface area contributed by atoms with E-state index in [1.165, 1.54) is 11.3 Å². The molecule has 2 aromatic rings. The fraction of sp³-hybridized carbons (Fsp3) is 0.417. The Hall–Kier alpha value is -0.960. The molecule has 0 aliphatic heterocycles. The summed E-state index contributed by atoms with van der Waals surface area (Å²) in [6.07, 6.45) is 0. The van der Waals surface area contributed by atoms with E-state index in [1.807, 2.05) is 26.2 Å². The largest absolute Gasteiger partial charge is 0.326 e. The minimum absolute atomic E-state index is 0.101. The second kappa shape index (κ2) is 5.44. The zero-order chi connectivity index (χ0) is 15.0. The molecule has 0 aliphatic rings. The van der Waals surface area contributed by atoms with Crippen LogP contribution in [0.15, 0.2) is 21.0 Å². The third kappa shape index (κ3) is 3.38. The molecule has 0 radical (unpaired) electrons. The topological polar surface area (TPSA) is 85.1 Å².